The molecule has 2 N–H and O–H groups in total. The van der Waals surface area contributed by atoms with Crippen molar-refractivity contribution in [2.24, 2.45) is 0 Å². The van der Waals surface area contributed by atoms with Crippen LogP contribution in [-0.4, -0.2) is 33.9 Å². The van der Waals surface area contributed by atoms with Gasteiger partial charge in [-0.2, -0.15) is 0 Å². The largest absolute Gasteiger partial charge is 0.381 e. The van der Waals surface area contributed by atoms with Gasteiger partial charge in [0, 0.05) is 34.6 Å². The molecule has 1 aromatic carbocycles. The summed E-state index contributed by atoms with van der Waals surface area (Å²) in [6, 6.07) is 9.42. The van der Waals surface area contributed by atoms with E-state index in [-0.39, 0.29) is 16.3 Å². The van der Waals surface area contributed by atoms with Crippen LogP contribution in [0.5, 0.6) is 0 Å². The first-order valence-electron chi connectivity index (χ1n) is 8.19. The SMILES string of the molecule is O=C1NCCNc2c1sc1ccc3nc(-c4cc(Cl)nc(Cl)n4)ccc3c21. The van der Waals surface area contributed by atoms with Crippen LogP contribution >= 0.6 is 34.5 Å². The number of carbonyl (C=O) groups excluding carboxylic acids is 1. The van der Waals surface area contributed by atoms with E-state index >= 15 is 0 Å². The van der Waals surface area contributed by atoms with Crippen LogP contribution in [0.15, 0.2) is 30.3 Å². The number of hydrogen-bond donors (Lipinski definition) is 2. The highest BCUT2D eigenvalue weighted by molar-refractivity contribution is 7.21. The second kappa shape index (κ2) is 6.30. The zero-order chi connectivity index (χ0) is 18.5. The molecule has 4 heterocycles. The van der Waals surface area contributed by atoms with Crippen molar-refractivity contribution in [3.8, 4) is 11.4 Å². The lowest BCUT2D eigenvalue weighted by atomic mass is 10.1. The molecule has 4 aromatic rings. The summed E-state index contributed by atoms with van der Waals surface area (Å²) in [6.45, 7) is 1.29. The molecule has 9 heteroatoms. The summed E-state index contributed by atoms with van der Waals surface area (Å²) < 4.78 is 1.04. The standard InChI is InChI=1S/C18H11Cl2N5OS/c19-13-7-11(24-18(20)25-13)10-2-1-8-9(23-10)3-4-12-14(8)15-16(27-12)17(26)22-6-5-21-15/h1-4,7,21H,5-6H2,(H,22,26). The van der Waals surface area contributed by atoms with Crippen molar-refractivity contribution in [1.82, 2.24) is 20.3 Å². The third-order valence-corrected chi connectivity index (χ3v) is 5.89. The second-order valence-electron chi connectivity index (χ2n) is 6.04. The molecule has 5 rings (SSSR count). The number of hydrogen-bond acceptors (Lipinski definition) is 6. The van der Waals surface area contributed by atoms with Crippen LogP contribution in [0.1, 0.15) is 9.67 Å². The van der Waals surface area contributed by atoms with Gasteiger partial charge in [-0.05, 0) is 35.9 Å². The molecule has 0 saturated heterocycles. The van der Waals surface area contributed by atoms with Gasteiger partial charge in [-0.25, -0.2) is 15.0 Å². The molecule has 1 aliphatic rings. The Bertz CT molecular complexity index is 1220. The first kappa shape index (κ1) is 16.7. The Kier molecular flexibility index (Phi) is 3.89. The Morgan fingerprint density at radius 1 is 0.963 bits per heavy atom. The molecular weight excluding hydrogens is 405 g/mol. The van der Waals surface area contributed by atoms with Crippen molar-refractivity contribution in [3.05, 3.63) is 45.6 Å². The summed E-state index contributed by atoms with van der Waals surface area (Å²) in [4.78, 5) is 25.8. The zero-order valence-electron chi connectivity index (χ0n) is 13.7. The van der Waals surface area contributed by atoms with E-state index in [9.17, 15) is 4.79 Å². The van der Waals surface area contributed by atoms with E-state index in [1.54, 1.807) is 6.07 Å². The number of fused-ring (bicyclic) bond motifs is 5. The van der Waals surface area contributed by atoms with Crippen LogP contribution in [0.2, 0.25) is 10.4 Å². The minimum absolute atomic E-state index is 0.0424. The summed E-state index contributed by atoms with van der Waals surface area (Å²) >= 11 is 13.4. The smallest absolute Gasteiger partial charge is 0.263 e. The number of benzene rings is 1. The van der Waals surface area contributed by atoms with E-state index in [2.05, 4.69) is 20.6 Å². The first-order chi connectivity index (χ1) is 13.1. The Hall–Kier alpha value is -2.48. The number of rotatable bonds is 1. The Morgan fingerprint density at radius 2 is 1.81 bits per heavy atom. The molecule has 0 saturated carbocycles. The second-order valence-corrected chi connectivity index (χ2v) is 7.81. The normalized spacial score (nSPS) is 13.9. The molecule has 1 aliphatic heterocycles. The number of nitrogens with zero attached hydrogens (tertiary/aromatic N) is 3. The summed E-state index contributed by atoms with van der Waals surface area (Å²) in [5.41, 5.74) is 2.89. The molecule has 0 spiro atoms. The number of nitrogens with one attached hydrogen (secondary N) is 2. The van der Waals surface area contributed by atoms with Gasteiger partial charge in [0.1, 0.15) is 10.0 Å². The Balaban J connectivity index is 1.74. The van der Waals surface area contributed by atoms with Crippen LogP contribution in [0, 0.1) is 0 Å². The fourth-order valence-electron chi connectivity index (χ4n) is 3.24. The minimum atomic E-state index is -0.0424. The molecule has 3 aromatic heterocycles. The van der Waals surface area contributed by atoms with Crippen molar-refractivity contribution in [1.29, 1.82) is 0 Å². The third kappa shape index (κ3) is 2.79. The lowest BCUT2D eigenvalue weighted by Crippen LogP contribution is -2.24. The highest BCUT2D eigenvalue weighted by atomic mass is 35.5. The molecule has 0 atom stereocenters. The molecule has 1 amide bonds. The maximum atomic E-state index is 12.3. The number of halogens is 2. The van der Waals surface area contributed by atoms with E-state index < -0.39 is 0 Å². The maximum absolute atomic E-state index is 12.3. The summed E-state index contributed by atoms with van der Waals surface area (Å²) in [5, 5.41) is 8.61. The summed E-state index contributed by atoms with van der Waals surface area (Å²) in [6.07, 6.45) is 0. The molecule has 0 aliphatic carbocycles. The number of carbonyl (C=O) groups is 1. The van der Waals surface area contributed by atoms with Crippen molar-refractivity contribution in [2.45, 2.75) is 0 Å². The van der Waals surface area contributed by atoms with Crippen molar-refractivity contribution in [2.75, 3.05) is 18.4 Å². The monoisotopic (exact) mass is 415 g/mol. The van der Waals surface area contributed by atoms with Gasteiger partial charge in [-0.1, -0.05) is 11.6 Å². The number of aromatic nitrogens is 3. The Morgan fingerprint density at radius 3 is 2.67 bits per heavy atom. The lowest BCUT2D eigenvalue weighted by Gasteiger charge is -2.07. The lowest BCUT2D eigenvalue weighted by molar-refractivity contribution is 0.0962. The Labute approximate surface area is 167 Å². The summed E-state index contributed by atoms with van der Waals surface area (Å²) in [7, 11) is 0. The quantitative estimate of drug-likeness (QED) is 0.356. The molecule has 6 nitrogen and oxygen atoms in total. The van der Waals surface area contributed by atoms with Gasteiger partial charge < -0.3 is 10.6 Å². The zero-order valence-corrected chi connectivity index (χ0v) is 16.0. The fourth-order valence-corrected chi connectivity index (χ4v) is 4.76. The van der Waals surface area contributed by atoms with Gasteiger partial charge >= 0.3 is 0 Å². The fraction of sp³-hybridized carbons (Fsp3) is 0.111. The van der Waals surface area contributed by atoms with Crippen LogP contribution in [0.3, 0.4) is 0 Å². The molecule has 0 fully saturated rings. The number of pyridine rings is 1. The third-order valence-electron chi connectivity index (χ3n) is 4.37. The number of thiophene rings is 1. The summed E-state index contributed by atoms with van der Waals surface area (Å²) in [5.74, 6) is -0.0424. The molecule has 0 radical (unpaired) electrons. The maximum Gasteiger partial charge on any atom is 0.263 e. The van der Waals surface area contributed by atoms with Crippen molar-refractivity contribution < 1.29 is 4.79 Å². The molecule has 0 bridgehead atoms. The van der Waals surface area contributed by atoms with Crippen LogP contribution < -0.4 is 10.6 Å². The molecular formula is C18H11Cl2N5OS. The topological polar surface area (TPSA) is 79.8 Å². The van der Waals surface area contributed by atoms with Crippen molar-refractivity contribution in [3.63, 3.8) is 0 Å². The average Bonchev–Trinajstić information content (AvgIpc) is 2.93. The predicted molar refractivity (Wildman–Crippen MR) is 109 cm³/mol. The van der Waals surface area contributed by atoms with Gasteiger partial charge in [0.2, 0.25) is 5.28 Å². The first-order valence-corrected chi connectivity index (χ1v) is 9.76. The predicted octanol–water partition coefficient (Wildman–Crippen LogP) is 4.37. The van der Waals surface area contributed by atoms with Gasteiger partial charge in [0.05, 0.1) is 22.6 Å². The van der Waals surface area contributed by atoms with Crippen LogP contribution in [0.25, 0.3) is 32.4 Å². The van der Waals surface area contributed by atoms with Crippen LogP contribution in [0.4, 0.5) is 5.69 Å². The van der Waals surface area contributed by atoms with E-state index in [1.165, 1.54) is 11.3 Å². The van der Waals surface area contributed by atoms with Gasteiger partial charge in [-0.15, -0.1) is 11.3 Å². The minimum Gasteiger partial charge on any atom is -0.381 e. The number of amides is 1. The van der Waals surface area contributed by atoms with Gasteiger partial charge in [0.25, 0.3) is 5.91 Å². The van der Waals surface area contributed by atoms with E-state index in [4.69, 9.17) is 28.2 Å². The highest BCUT2D eigenvalue weighted by Crippen LogP contribution is 2.40. The van der Waals surface area contributed by atoms with Gasteiger partial charge in [-0.3, -0.25) is 4.79 Å². The van der Waals surface area contributed by atoms with E-state index in [1.807, 2.05) is 24.3 Å². The van der Waals surface area contributed by atoms with E-state index in [0.717, 1.165) is 26.7 Å². The van der Waals surface area contributed by atoms with Crippen molar-refractivity contribution >= 4 is 67.1 Å². The molecule has 134 valence electrons. The highest BCUT2D eigenvalue weighted by Gasteiger charge is 2.22. The number of anilines is 1. The van der Waals surface area contributed by atoms with Crippen LogP contribution in [-0.2, 0) is 0 Å². The van der Waals surface area contributed by atoms with E-state index in [0.29, 0.717) is 29.4 Å². The van der Waals surface area contributed by atoms with Gasteiger partial charge in [0.15, 0.2) is 0 Å². The molecule has 27 heavy (non-hydrogen) atoms. The molecule has 0 unspecified atom stereocenters. The average molecular weight is 416 g/mol.